The average Bonchev–Trinajstić information content (AvgIpc) is 3.10. The second kappa shape index (κ2) is 9.27. The van der Waals surface area contributed by atoms with E-state index in [1.54, 1.807) is 7.05 Å². The number of nitrogens with one attached hydrogen (secondary N) is 3. The Morgan fingerprint density at radius 3 is 2.88 bits per heavy atom. The van der Waals surface area contributed by atoms with Crippen molar-refractivity contribution in [1.82, 2.24) is 10.6 Å². The summed E-state index contributed by atoms with van der Waals surface area (Å²) in [7, 11) is 1.76. The van der Waals surface area contributed by atoms with Gasteiger partial charge in [-0.2, -0.15) is 0 Å². The summed E-state index contributed by atoms with van der Waals surface area (Å²) in [5.41, 5.74) is 1.87. The number of carbonyl (C=O) groups is 1. The van der Waals surface area contributed by atoms with Crippen LogP contribution in [0.3, 0.4) is 0 Å². The Hall–Kier alpha value is -2.08. The van der Waals surface area contributed by atoms with Crippen molar-refractivity contribution < 1.29 is 9.53 Å². The van der Waals surface area contributed by atoms with Crippen LogP contribution in [-0.4, -0.2) is 38.2 Å². The first kappa shape index (κ1) is 18.3. The smallest absolute Gasteiger partial charge is 0.253 e. The second-order valence-electron chi connectivity index (χ2n) is 6.39. The van der Waals surface area contributed by atoms with Crippen LogP contribution in [0.25, 0.3) is 0 Å². The predicted molar refractivity (Wildman–Crippen MR) is 97.1 cm³/mol. The van der Waals surface area contributed by atoms with Crippen LogP contribution in [-0.2, 0) is 16.1 Å². The summed E-state index contributed by atoms with van der Waals surface area (Å²) in [6.45, 7) is 6.49. The van der Waals surface area contributed by atoms with Crippen molar-refractivity contribution >= 4 is 17.6 Å². The van der Waals surface area contributed by atoms with E-state index in [2.05, 4.69) is 34.8 Å². The molecule has 0 aliphatic carbocycles. The number of aliphatic imine (C=N–C) groups is 1. The quantitative estimate of drug-likeness (QED) is 0.551. The van der Waals surface area contributed by atoms with E-state index in [0.29, 0.717) is 19.1 Å². The molecule has 0 radical (unpaired) electrons. The Kier molecular flexibility index (Phi) is 7.06. The van der Waals surface area contributed by atoms with E-state index in [9.17, 15) is 4.79 Å². The van der Waals surface area contributed by atoms with Crippen LogP contribution in [0, 0.1) is 5.92 Å². The summed E-state index contributed by atoms with van der Waals surface area (Å²) in [6, 6.07) is 7.81. The molecule has 0 aromatic heterocycles. The molecule has 3 N–H and O–H groups in total. The molecule has 0 bridgehead atoms. The topological polar surface area (TPSA) is 74.8 Å². The maximum Gasteiger partial charge on any atom is 0.253 e. The first-order valence-corrected chi connectivity index (χ1v) is 8.54. The molecule has 1 unspecified atom stereocenters. The molecule has 1 aliphatic rings. The minimum Gasteiger partial charge on any atom is -0.368 e. The van der Waals surface area contributed by atoms with Crippen LogP contribution in [0.2, 0.25) is 0 Å². The Morgan fingerprint density at radius 2 is 2.21 bits per heavy atom. The van der Waals surface area contributed by atoms with Gasteiger partial charge in [0.1, 0.15) is 6.10 Å². The van der Waals surface area contributed by atoms with Crippen LogP contribution in [0.5, 0.6) is 0 Å². The fourth-order valence-corrected chi connectivity index (χ4v) is 2.47. The molecule has 1 aliphatic heterocycles. The maximum absolute atomic E-state index is 12.1. The average molecular weight is 332 g/mol. The van der Waals surface area contributed by atoms with Crippen LogP contribution in [0.1, 0.15) is 32.3 Å². The number of anilines is 1. The van der Waals surface area contributed by atoms with Crippen molar-refractivity contribution in [1.29, 1.82) is 0 Å². The van der Waals surface area contributed by atoms with Crippen molar-refractivity contribution in [3.8, 4) is 0 Å². The molecule has 1 aromatic rings. The SMILES string of the molecule is CN=C(NCc1cccc(NC(=O)C2CCCO2)c1)NCC(C)C. The van der Waals surface area contributed by atoms with Crippen molar-refractivity contribution in [3.63, 3.8) is 0 Å². The number of rotatable bonds is 6. The van der Waals surface area contributed by atoms with Crippen LogP contribution >= 0.6 is 0 Å². The molecule has 6 nitrogen and oxygen atoms in total. The molecule has 0 saturated carbocycles. The molecule has 132 valence electrons. The Morgan fingerprint density at radius 1 is 1.38 bits per heavy atom. The third-order valence-corrected chi connectivity index (χ3v) is 3.78. The number of amides is 1. The molecule has 1 amide bonds. The van der Waals surface area contributed by atoms with Gasteiger partial charge >= 0.3 is 0 Å². The largest absolute Gasteiger partial charge is 0.368 e. The highest BCUT2D eigenvalue weighted by molar-refractivity contribution is 5.94. The van der Waals surface area contributed by atoms with Gasteiger partial charge in [-0.25, -0.2) is 0 Å². The molecule has 0 spiro atoms. The molecule has 6 heteroatoms. The second-order valence-corrected chi connectivity index (χ2v) is 6.39. The lowest BCUT2D eigenvalue weighted by Gasteiger charge is -2.14. The zero-order chi connectivity index (χ0) is 17.4. The number of carbonyl (C=O) groups excluding carboxylic acids is 1. The first-order valence-electron chi connectivity index (χ1n) is 8.54. The summed E-state index contributed by atoms with van der Waals surface area (Å²) in [4.78, 5) is 16.3. The Labute approximate surface area is 144 Å². The molecule has 1 saturated heterocycles. The van der Waals surface area contributed by atoms with Crippen molar-refractivity contribution in [2.24, 2.45) is 10.9 Å². The highest BCUT2D eigenvalue weighted by Crippen LogP contribution is 2.16. The minimum absolute atomic E-state index is 0.0629. The van der Waals surface area contributed by atoms with Gasteiger partial charge in [-0.1, -0.05) is 26.0 Å². The fourth-order valence-electron chi connectivity index (χ4n) is 2.47. The van der Waals surface area contributed by atoms with Crippen molar-refractivity contribution in [3.05, 3.63) is 29.8 Å². The molecule has 1 atom stereocenters. The standard InChI is InChI=1S/C18H28N4O2/c1-13(2)11-20-18(19-3)21-12-14-6-4-7-15(10-14)22-17(23)16-8-5-9-24-16/h4,6-7,10,13,16H,5,8-9,11-12H2,1-3H3,(H,22,23)(H2,19,20,21). The van der Waals surface area contributed by atoms with Crippen molar-refractivity contribution in [2.75, 3.05) is 25.5 Å². The van der Waals surface area contributed by atoms with Crippen LogP contribution < -0.4 is 16.0 Å². The number of nitrogens with zero attached hydrogens (tertiary/aromatic N) is 1. The van der Waals surface area contributed by atoms with E-state index >= 15 is 0 Å². The summed E-state index contributed by atoms with van der Waals surface area (Å²) in [5.74, 6) is 1.27. The van der Waals surface area contributed by atoms with Gasteiger partial charge in [0.25, 0.3) is 5.91 Å². The third kappa shape index (κ3) is 5.85. The van der Waals surface area contributed by atoms with E-state index in [-0.39, 0.29) is 12.0 Å². The lowest BCUT2D eigenvalue weighted by Crippen LogP contribution is -2.38. The van der Waals surface area contributed by atoms with Gasteiger partial charge in [-0.3, -0.25) is 9.79 Å². The number of ether oxygens (including phenoxy) is 1. The number of hydrogen-bond acceptors (Lipinski definition) is 3. The van der Waals surface area contributed by atoms with E-state index in [0.717, 1.165) is 36.6 Å². The summed E-state index contributed by atoms with van der Waals surface area (Å²) in [6.07, 6.45) is 1.43. The van der Waals surface area contributed by atoms with Crippen LogP contribution in [0.4, 0.5) is 5.69 Å². The minimum atomic E-state index is -0.314. The Balaban J connectivity index is 1.86. The number of benzene rings is 1. The van der Waals surface area contributed by atoms with Gasteiger partial charge in [0.15, 0.2) is 5.96 Å². The van der Waals surface area contributed by atoms with Gasteiger partial charge in [0, 0.05) is 32.4 Å². The molecule has 1 fully saturated rings. The lowest BCUT2D eigenvalue weighted by atomic mass is 10.2. The van der Waals surface area contributed by atoms with E-state index in [1.165, 1.54) is 0 Å². The molecule has 24 heavy (non-hydrogen) atoms. The van der Waals surface area contributed by atoms with Gasteiger partial charge in [-0.05, 0) is 36.5 Å². The monoisotopic (exact) mass is 332 g/mol. The van der Waals surface area contributed by atoms with Crippen LogP contribution in [0.15, 0.2) is 29.3 Å². The normalized spacial score (nSPS) is 17.8. The predicted octanol–water partition coefficient (Wildman–Crippen LogP) is 2.13. The molecule has 1 heterocycles. The molecular weight excluding hydrogens is 304 g/mol. The first-order chi connectivity index (χ1) is 11.6. The molecular formula is C18H28N4O2. The van der Waals surface area contributed by atoms with E-state index in [4.69, 9.17) is 4.74 Å². The zero-order valence-electron chi connectivity index (χ0n) is 14.8. The number of hydrogen-bond donors (Lipinski definition) is 3. The van der Waals surface area contributed by atoms with Gasteiger partial charge in [0.05, 0.1) is 0 Å². The molecule has 1 aromatic carbocycles. The lowest BCUT2D eigenvalue weighted by molar-refractivity contribution is -0.124. The van der Waals surface area contributed by atoms with E-state index < -0.39 is 0 Å². The maximum atomic E-state index is 12.1. The van der Waals surface area contributed by atoms with Gasteiger partial charge in [0.2, 0.25) is 0 Å². The summed E-state index contributed by atoms with van der Waals surface area (Å²) < 4.78 is 5.41. The van der Waals surface area contributed by atoms with E-state index in [1.807, 2.05) is 24.3 Å². The highest BCUT2D eigenvalue weighted by atomic mass is 16.5. The third-order valence-electron chi connectivity index (χ3n) is 3.78. The fraction of sp³-hybridized carbons (Fsp3) is 0.556. The summed E-state index contributed by atoms with van der Waals surface area (Å²) >= 11 is 0. The highest BCUT2D eigenvalue weighted by Gasteiger charge is 2.23. The van der Waals surface area contributed by atoms with Gasteiger partial charge < -0.3 is 20.7 Å². The zero-order valence-corrected chi connectivity index (χ0v) is 14.8. The Bertz CT molecular complexity index is 566. The number of guanidine groups is 1. The van der Waals surface area contributed by atoms with Gasteiger partial charge in [-0.15, -0.1) is 0 Å². The molecule has 2 rings (SSSR count). The van der Waals surface area contributed by atoms with Crippen molar-refractivity contribution in [2.45, 2.75) is 39.3 Å². The summed E-state index contributed by atoms with van der Waals surface area (Å²) in [5, 5.41) is 9.48.